The number of rotatable bonds is 7. The largest absolute Gasteiger partial charge is 0.419 e. The second-order valence-electron chi connectivity index (χ2n) is 8.10. The van der Waals surface area contributed by atoms with Crippen molar-refractivity contribution in [1.29, 1.82) is 0 Å². The fourth-order valence-corrected chi connectivity index (χ4v) is 3.69. The quantitative estimate of drug-likeness (QED) is 0.566. The fourth-order valence-electron chi connectivity index (χ4n) is 3.69. The van der Waals surface area contributed by atoms with Crippen LogP contribution in [-0.4, -0.2) is 54.4 Å². The summed E-state index contributed by atoms with van der Waals surface area (Å²) in [6.45, 7) is 1.03. The molecule has 0 spiro atoms. The van der Waals surface area contributed by atoms with Gasteiger partial charge in [0, 0.05) is 31.6 Å². The number of hydrogen-bond donors (Lipinski definition) is 2. The van der Waals surface area contributed by atoms with Crippen LogP contribution in [0.15, 0.2) is 51.7 Å². The van der Waals surface area contributed by atoms with Crippen molar-refractivity contribution in [2.45, 2.75) is 19.4 Å². The summed E-state index contributed by atoms with van der Waals surface area (Å²) in [6.07, 6.45) is -0.0923. The minimum atomic E-state index is -0.452. The fraction of sp³-hybridized carbons (Fsp3) is 0.304. The van der Waals surface area contributed by atoms with Gasteiger partial charge in [-0.15, -0.1) is 0 Å². The Morgan fingerprint density at radius 2 is 1.91 bits per heavy atom. The van der Waals surface area contributed by atoms with Gasteiger partial charge in [-0.3, -0.25) is 19.0 Å². The molecule has 3 aromatic rings. The highest BCUT2D eigenvalue weighted by Crippen LogP contribution is 2.29. The first-order valence-electron chi connectivity index (χ1n) is 10.6. The first-order chi connectivity index (χ1) is 15.8. The first kappa shape index (κ1) is 22.3. The summed E-state index contributed by atoms with van der Waals surface area (Å²) in [5.41, 5.74) is 2.71. The van der Waals surface area contributed by atoms with E-state index in [-0.39, 0.29) is 37.1 Å². The van der Waals surface area contributed by atoms with Crippen molar-refractivity contribution in [2.75, 3.05) is 42.7 Å². The number of carbonyl (C=O) groups is 3. The molecule has 0 saturated heterocycles. The van der Waals surface area contributed by atoms with Crippen molar-refractivity contribution in [3.05, 3.63) is 53.0 Å². The highest BCUT2D eigenvalue weighted by Gasteiger charge is 2.26. The normalized spacial score (nSPS) is 13.2. The van der Waals surface area contributed by atoms with Crippen LogP contribution < -0.4 is 21.3 Å². The summed E-state index contributed by atoms with van der Waals surface area (Å²) in [5, 5.41) is 5.50. The molecule has 0 unspecified atom stereocenters. The number of nitrogens with zero attached hydrogens (tertiary/aromatic N) is 3. The van der Waals surface area contributed by atoms with E-state index in [9.17, 15) is 19.2 Å². The Hall–Kier alpha value is -3.92. The molecule has 4 rings (SSSR count). The Morgan fingerprint density at radius 1 is 1.12 bits per heavy atom. The molecule has 0 fully saturated rings. The monoisotopic (exact) mass is 451 g/mol. The average molecular weight is 451 g/mol. The maximum atomic E-state index is 12.7. The predicted octanol–water partition coefficient (Wildman–Crippen LogP) is 1.86. The minimum Gasteiger partial charge on any atom is -0.408 e. The summed E-state index contributed by atoms with van der Waals surface area (Å²) in [7, 11) is 3.82. The third-order valence-electron chi connectivity index (χ3n) is 5.36. The number of benzene rings is 2. The standard InChI is InChI=1S/C23H25N5O5/c1-26(2)11-12-27-18-13-15(7-8-19(18)33-23(27)32)24-20(29)9-10-22(31)28-14-21(30)25-16-5-3-4-6-17(16)28/h3-8,13H,9-12,14H2,1-2H3,(H,24,29)(H,25,30). The van der Waals surface area contributed by atoms with E-state index in [0.29, 0.717) is 41.3 Å². The van der Waals surface area contributed by atoms with Crippen molar-refractivity contribution in [3.63, 3.8) is 0 Å². The molecule has 2 heterocycles. The molecule has 1 aromatic heterocycles. The summed E-state index contributed by atoms with van der Waals surface area (Å²) in [5.74, 6) is -1.38. The van der Waals surface area contributed by atoms with Crippen molar-refractivity contribution >= 4 is 45.9 Å². The molecular weight excluding hydrogens is 426 g/mol. The van der Waals surface area contributed by atoms with Crippen LogP contribution in [0.5, 0.6) is 0 Å². The van der Waals surface area contributed by atoms with Gasteiger partial charge in [-0.1, -0.05) is 12.1 Å². The SMILES string of the molecule is CN(C)CCn1c(=O)oc2ccc(NC(=O)CCC(=O)N3CC(=O)Nc4ccccc43)cc21. The van der Waals surface area contributed by atoms with Crippen LogP contribution in [0.25, 0.3) is 11.1 Å². The van der Waals surface area contributed by atoms with E-state index in [0.717, 1.165) is 0 Å². The van der Waals surface area contributed by atoms with Crippen molar-refractivity contribution in [2.24, 2.45) is 0 Å². The Bertz CT molecular complexity index is 1280. The summed E-state index contributed by atoms with van der Waals surface area (Å²) in [4.78, 5) is 52.6. The van der Waals surface area contributed by atoms with Gasteiger partial charge in [0.1, 0.15) is 6.54 Å². The van der Waals surface area contributed by atoms with Crippen LogP contribution in [-0.2, 0) is 20.9 Å². The lowest BCUT2D eigenvalue weighted by atomic mass is 10.1. The van der Waals surface area contributed by atoms with Crippen molar-refractivity contribution in [1.82, 2.24) is 9.47 Å². The molecular formula is C23H25N5O5. The molecule has 0 bridgehead atoms. The highest BCUT2D eigenvalue weighted by atomic mass is 16.4. The zero-order chi connectivity index (χ0) is 23.5. The van der Waals surface area contributed by atoms with E-state index >= 15 is 0 Å². The molecule has 3 amide bonds. The van der Waals surface area contributed by atoms with E-state index < -0.39 is 5.76 Å². The molecule has 1 aliphatic heterocycles. The van der Waals surface area contributed by atoms with E-state index in [1.807, 2.05) is 19.0 Å². The topological polar surface area (TPSA) is 117 Å². The molecule has 1 aliphatic rings. The Labute approximate surface area is 189 Å². The van der Waals surface area contributed by atoms with Crippen molar-refractivity contribution < 1.29 is 18.8 Å². The Kier molecular flexibility index (Phi) is 6.27. The number of anilines is 3. The number of amides is 3. The van der Waals surface area contributed by atoms with Gasteiger partial charge in [0.05, 0.1) is 16.9 Å². The molecule has 2 aromatic carbocycles. The Morgan fingerprint density at radius 3 is 2.70 bits per heavy atom. The van der Waals surface area contributed by atoms with E-state index in [1.165, 1.54) is 9.47 Å². The zero-order valence-electron chi connectivity index (χ0n) is 18.5. The van der Waals surface area contributed by atoms with Gasteiger partial charge in [-0.25, -0.2) is 4.79 Å². The third kappa shape index (κ3) is 4.96. The van der Waals surface area contributed by atoms with Crippen LogP contribution >= 0.6 is 0 Å². The number of para-hydroxylation sites is 2. The van der Waals surface area contributed by atoms with Crippen LogP contribution in [0.3, 0.4) is 0 Å². The first-order valence-corrected chi connectivity index (χ1v) is 10.6. The molecule has 10 heteroatoms. The summed E-state index contributed by atoms with van der Waals surface area (Å²) >= 11 is 0. The van der Waals surface area contributed by atoms with Crippen LogP contribution in [0.1, 0.15) is 12.8 Å². The van der Waals surface area contributed by atoms with E-state index in [4.69, 9.17) is 4.42 Å². The smallest absolute Gasteiger partial charge is 0.408 e. The summed E-state index contributed by atoms with van der Waals surface area (Å²) < 4.78 is 6.79. The van der Waals surface area contributed by atoms with Crippen LogP contribution in [0, 0.1) is 0 Å². The number of hydrogen-bond acceptors (Lipinski definition) is 6. The molecule has 2 N–H and O–H groups in total. The van der Waals surface area contributed by atoms with Gasteiger partial charge < -0.3 is 24.9 Å². The maximum Gasteiger partial charge on any atom is 0.419 e. The van der Waals surface area contributed by atoms with E-state index in [2.05, 4.69) is 10.6 Å². The average Bonchev–Trinajstić information content (AvgIpc) is 3.09. The Balaban J connectivity index is 1.41. The van der Waals surface area contributed by atoms with Gasteiger partial charge in [-0.2, -0.15) is 0 Å². The maximum absolute atomic E-state index is 12.7. The highest BCUT2D eigenvalue weighted by molar-refractivity contribution is 6.10. The molecule has 10 nitrogen and oxygen atoms in total. The lowest BCUT2D eigenvalue weighted by Gasteiger charge is -2.29. The number of likely N-dealkylation sites (N-methyl/N-ethyl adjacent to an activating group) is 1. The molecule has 0 aliphatic carbocycles. The van der Waals surface area contributed by atoms with Crippen LogP contribution in [0.4, 0.5) is 17.1 Å². The number of nitrogens with one attached hydrogen (secondary N) is 2. The summed E-state index contributed by atoms with van der Waals surface area (Å²) in [6, 6.07) is 12.0. The van der Waals surface area contributed by atoms with Gasteiger partial charge in [0.2, 0.25) is 17.7 Å². The van der Waals surface area contributed by atoms with Gasteiger partial charge in [0.15, 0.2) is 5.58 Å². The molecule has 0 radical (unpaired) electrons. The van der Waals surface area contributed by atoms with Crippen molar-refractivity contribution in [3.8, 4) is 0 Å². The predicted molar refractivity (Wildman–Crippen MR) is 124 cm³/mol. The number of oxazole rings is 1. The van der Waals surface area contributed by atoms with Gasteiger partial charge in [0.25, 0.3) is 0 Å². The molecule has 0 atom stereocenters. The lowest BCUT2D eigenvalue weighted by Crippen LogP contribution is -2.42. The molecule has 33 heavy (non-hydrogen) atoms. The number of aromatic nitrogens is 1. The lowest BCUT2D eigenvalue weighted by molar-refractivity contribution is -0.124. The van der Waals surface area contributed by atoms with E-state index in [1.54, 1.807) is 42.5 Å². The second kappa shape index (κ2) is 9.29. The zero-order valence-corrected chi connectivity index (χ0v) is 18.5. The van der Waals surface area contributed by atoms with Crippen LogP contribution in [0.2, 0.25) is 0 Å². The second-order valence-corrected chi connectivity index (χ2v) is 8.10. The minimum absolute atomic E-state index is 0.0457. The number of carbonyl (C=O) groups excluding carboxylic acids is 3. The van der Waals surface area contributed by atoms with Gasteiger partial charge in [-0.05, 0) is 44.4 Å². The molecule has 172 valence electrons. The van der Waals surface area contributed by atoms with Gasteiger partial charge >= 0.3 is 5.76 Å². The third-order valence-corrected chi connectivity index (χ3v) is 5.36. The molecule has 0 saturated carbocycles. The number of fused-ring (bicyclic) bond motifs is 2.